The van der Waals surface area contributed by atoms with Crippen molar-refractivity contribution in [3.63, 3.8) is 0 Å². The molecule has 3 aromatic carbocycles. The first-order valence-electron chi connectivity index (χ1n) is 12.2. The minimum atomic E-state index is -1.04. The molecule has 2 unspecified atom stereocenters. The fourth-order valence-electron chi connectivity index (χ4n) is 4.49. The first kappa shape index (κ1) is 28.6. The summed E-state index contributed by atoms with van der Waals surface area (Å²) in [4.78, 5) is 13.4. The van der Waals surface area contributed by atoms with Gasteiger partial charge in [-0.25, -0.2) is 0 Å². The quantitative estimate of drug-likeness (QED) is 0.184. The maximum absolute atomic E-state index is 13.4. The number of aromatic hydroxyl groups is 4. The highest BCUT2D eigenvalue weighted by Gasteiger charge is 2.28. The van der Waals surface area contributed by atoms with E-state index < -0.39 is 18.6 Å². The van der Waals surface area contributed by atoms with E-state index in [2.05, 4.69) is 0 Å². The van der Waals surface area contributed by atoms with Gasteiger partial charge in [0.2, 0.25) is 5.75 Å². The number of hydrogen-bond donors (Lipinski definition) is 6. The van der Waals surface area contributed by atoms with Crippen LogP contribution >= 0.6 is 0 Å². The zero-order valence-electron chi connectivity index (χ0n) is 21.4. The number of aliphatic hydroxyl groups excluding tert-OH is 2. The third-order valence-electron chi connectivity index (χ3n) is 6.69. The number of hydrogen-bond acceptors (Lipinski definition) is 9. The molecule has 2 atom stereocenters. The van der Waals surface area contributed by atoms with E-state index in [9.17, 15) is 35.4 Å². The zero-order chi connectivity index (χ0) is 27.8. The minimum absolute atomic E-state index is 0.00201. The van der Waals surface area contributed by atoms with Gasteiger partial charge in [0.25, 0.3) is 0 Å². The van der Waals surface area contributed by atoms with E-state index in [0.717, 1.165) is 5.56 Å². The monoisotopic (exact) mass is 526 g/mol. The molecule has 9 heteroatoms. The number of benzene rings is 3. The van der Waals surface area contributed by atoms with Crippen LogP contribution in [0, 0.1) is 5.92 Å². The molecule has 0 spiro atoms. The molecule has 0 bridgehead atoms. The lowest BCUT2D eigenvalue weighted by molar-refractivity contribution is -0.126. The van der Waals surface area contributed by atoms with Gasteiger partial charge in [0.15, 0.2) is 23.0 Å². The summed E-state index contributed by atoms with van der Waals surface area (Å²) in [5.74, 6) is -1.52. The van der Waals surface area contributed by atoms with Crippen LogP contribution < -0.4 is 9.47 Å². The zero-order valence-corrected chi connectivity index (χ0v) is 21.4. The summed E-state index contributed by atoms with van der Waals surface area (Å²) < 4.78 is 10.2. The Labute approximate surface area is 221 Å². The van der Waals surface area contributed by atoms with Gasteiger partial charge < -0.3 is 40.1 Å². The van der Waals surface area contributed by atoms with Crippen LogP contribution in [0.25, 0.3) is 0 Å². The van der Waals surface area contributed by atoms with E-state index in [0.29, 0.717) is 28.9 Å². The summed E-state index contributed by atoms with van der Waals surface area (Å²) in [7, 11) is 2.80. The van der Waals surface area contributed by atoms with Gasteiger partial charge in [-0.2, -0.15) is 0 Å². The molecule has 3 aromatic rings. The Kier molecular flexibility index (Phi) is 9.81. The standard InChI is InChI=1S/C29H34O9/c1-37-27-13-17(7-11-25(27)34)6-9-23(32)20(15-19-4-3-5-22(31)21(19)16-30)24(33)10-8-18-12-26(35)29(36)28(14-18)38-2/h3-5,7,11-14,20,23,30-32,34-36H,6,8-10,15-16H2,1-2H3. The largest absolute Gasteiger partial charge is 0.508 e. The highest BCUT2D eigenvalue weighted by molar-refractivity contribution is 5.82. The molecule has 0 amide bonds. The van der Waals surface area contributed by atoms with E-state index >= 15 is 0 Å². The molecule has 38 heavy (non-hydrogen) atoms. The van der Waals surface area contributed by atoms with Gasteiger partial charge in [-0.3, -0.25) is 4.79 Å². The van der Waals surface area contributed by atoms with Crippen LogP contribution in [-0.2, 0) is 30.7 Å². The molecule has 0 aliphatic heterocycles. The lowest BCUT2D eigenvalue weighted by Gasteiger charge is -2.24. The van der Waals surface area contributed by atoms with Crippen molar-refractivity contribution in [1.29, 1.82) is 0 Å². The molecule has 6 N–H and O–H groups in total. The van der Waals surface area contributed by atoms with Gasteiger partial charge in [0, 0.05) is 17.9 Å². The van der Waals surface area contributed by atoms with Gasteiger partial charge in [-0.15, -0.1) is 0 Å². The lowest BCUT2D eigenvalue weighted by atomic mass is 9.84. The number of phenols is 4. The Morgan fingerprint density at radius 1 is 0.842 bits per heavy atom. The fourth-order valence-corrected chi connectivity index (χ4v) is 4.49. The number of aryl methyl sites for hydroxylation is 2. The first-order chi connectivity index (χ1) is 18.2. The predicted molar refractivity (Wildman–Crippen MR) is 140 cm³/mol. The van der Waals surface area contributed by atoms with Crippen molar-refractivity contribution in [2.45, 2.75) is 44.8 Å². The number of carbonyl (C=O) groups excluding carboxylic acids is 1. The number of aliphatic hydroxyl groups is 2. The number of carbonyl (C=O) groups is 1. The Hall–Kier alpha value is -3.95. The summed E-state index contributed by atoms with van der Waals surface area (Å²) in [6.07, 6.45) is -0.0149. The van der Waals surface area contributed by atoms with Crippen molar-refractivity contribution in [2.75, 3.05) is 14.2 Å². The summed E-state index contributed by atoms with van der Waals surface area (Å²) in [6.45, 7) is -0.418. The van der Waals surface area contributed by atoms with Crippen molar-refractivity contribution >= 4 is 5.78 Å². The predicted octanol–water partition coefficient (Wildman–Crippen LogP) is 3.37. The van der Waals surface area contributed by atoms with E-state index in [1.807, 2.05) is 0 Å². The van der Waals surface area contributed by atoms with Crippen LogP contribution in [0.15, 0.2) is 48.5 Å². The third-order valence-corrected chi connectivity index (χ3v) is 6.69. The number of Topliss-reactive ketones (excluding diaryl/α,β-unsaturated/α-hetero) is 1. The number of phenolic OH excluding ortho intramolecular Hbond substituents is 3. The molecule has 0 aromatic heterocycles. The summed E-state index contributed by atoms with van der Waals surface area (Å²) in [6, 6.07) is 12.5. The SMILES string of the molecule is COc1cc(CCC(O)C(Cc2cccc(O)c2CO)C(=O)CCc2cc(O)c(O)c(OC)c2)ccc1O. The fraction of sp³-hybridized carbons (Fsp3) is 0.345. The molecule has 3 rings (SSSR count). The highest BCUT2D eigenvalue weighted by atomic mass is 16.5. The smallest absolute Gasteiger partial charge is 0.200 e. The topological polar surface area (TPSA) is 157 Å². The Morgan fingerprint density at radius 3 is 2.24 bits per heavy atom. The van der Waals surface area contributed by atoms with Crippen LogP contribution in [0.2, 0.25) is 0 Å². The molecule has 0 heterocycles. The normalized spacial score (nSPS) is 12.6. The minimum Gasteiger partial charge on any atom is -0.508 e. The highest BCUT2D eigenvalue weighted by Crippen LogP contribution is 2.37. The maximum Gasteiger partial charge on any atom is 0.200 e. The van der Waals surface area contributed by atoms with Crippen molar-refractivity contribution in [3.8, 4) is 34.5 Å². The lowest BCUT2D eigenvalue weighted by Crippen LogP contribution is -2.31. The maximum atomic E-state index is 13.4. The second kappa shape index (κ2) is 13.0. The summed E-state index contributed by atoms with van der Waals surface area (Å²) >= 11 is 0. The van der Waals surface area contributed by atoms with E-state index in [1.165, 1.54) is 38.5 Å². The molecule has 0 radical (unpaired) electrons. The number of ether oxygens (including phenoxy) is 2. The molecule has 0 aliphatic rings. The molecule has 204 valence electrons. The van der Waals surface area contributed by atoms with Crippen LogP contribution in [0.4, 0.5) is 0 Å². The molecule has 0 saturated heterocycles. The molecule has 0 fully saturated rings. The van der Waals surface area contributed by atoms with Crippen molar-refractivity contribution in [1.82, 2.24) is 0 Å². The average molecular weight is 527 g/mol. The van der Waals surface area contributed by atoms with Gasteiger partial charge in [-0.05, 0) is 72.7 Å². The molecule has 9 nitrogen and oxygen atoms in total. The van der Waals surface area contributed by atoms with Crippen molar-refractivity contribution < 1.29 is 44.9 Å². The van der Waals surface area contributed by atoms with Crippen molar-refractivity contribution in [3.05, 3.63) is 70.8 Å². The number of ketones is 1. The van der Waals surface area contributed by atoms with Crippen LogP contribution in [0.1, 0.15) is 35.1 Å². The Balaban J connectivity index is 1.81. The number of methoxy groups -OCH3 is 2. The van der Waals surface area contributed by atoms with Gasteiger partial charge >= 0.3 is 0 Å². The Morgan fingerprint density at radius 2 is 1.55 bits per heavy atom. The van der Waals surface area contributed by atoms with Crippen LogP contribution in [0.3, 0.4) is 0 Å². The second-order valence-electron chi connectivity index (χ2n) is 9.13. The average Bonchev–Trinajstić information content (AvgIpc) is 2.91. The second-order valence-corrected chi connectivity index (χ2v) is 9.13. The van der Waals surface area contributed by atoms with Gasteiger partial charge in [0.05, 0.1) is 26.9 Å². The molecular weight excluding hydrogens is 492 g/mol. The number of rotatable bonds is 13. The Bertz CT molecular complexity index is 1260. The first-order valence-corrected chi connectivity index (χ1v) is 12.2. The van der Waals surface area contributed by atoms with E-state index in [1.54, 1.807) is 24.3 Å². The van der Waals surface area contributed by atoms with E-state index in [-0.39, 0.29) is 60.2 Å². The van der Waals surface area contributed by atoms with Gasteiger partial charge in [-0.1, -0.05) is 18.2 Å². The van der Waals surface area contributed by atoms with E-state index in [4.69, 9.17) is 9.47 Å². The summed E-state index contributed by atoms with van der Waals surface area (Å²) in [5.41, 5.74) is 2.24. The third kappa shape index (κ3) is 6.87. The molecular formula is C29H34O9. The van der Waals surface area contributed by atoms with Crippen molar-refractivity contribution in [2.24, 2.45) is 5.92 Å². The summed E-state index contributed by atoms with van der Waals surface area (Å²) in [5, 5.41) is 60.7. The van der Waals surface area contributed by atoms with Gasteiger partial charge in [0.1, 0.15) is 11.5 Å². The molecule has 0 saturated carbocycles. The molecule has 0 aliphatic carbocycles. The van der Waals surface area contributed by atoms with Crippen LogP contribution in [0.5, 0.6) is 34.5 Å². The van der Waals surface area contributed by atoms with Crippen LogP contribution in [-0.4, -0.2) is 56.7 Å².